The zero-order chi connectivity index (χ0) is 25.6. The number of esters is 1. The Labute approximate surface area is 216 Å². The largest absolute Gasteiger partial charge is 0.464 e. The Hall–Kier alpha value is -4.01. The van der Waals surface area contributed by atoms with Crippen molar-refractivity contribution in [3.05, 3.63) is 84.7 Å². The van der Waals surface area contributed by atoms with E-state index in [1.165, 1.54) is 13.5 Å². The standard InChI is InChI=1S/C29H32N6O2/c1-3-4-15-30-18-25-34-26(27(35-25)29(36)37-2)22-13-9-20(10-14-22)19-7-11-21(12-8-19)24-17-32-28(33-24)23-6-5-16-31-23/h3,7-14,17,23,30-31H,1,4-6,15-16,18H2,2H3,(H,32,33)(H,34,35)/t23-/m0/s1. The van der Waals surface area contributed by atoms with Gasteiger partial charge in [0.05, 0.1) is 31.6 Å². The highest BCUT2D eigenvalue weighted by Crippen LogP contribution is 2.29. The maximum Gasteiger partial charge on any atom is 0.356 e. The van der Waals surface area contributed by atoms with Crippen molar-refractivity contribution in [1.29, 1.82) is 0 Å². The number of benzene rings is 2. The average molecular weight is 497 g/mol. The lowest BCUT2D eigenvalue weighted by atomic mass is 10.0. The first-order valence-electron chi connectivity index (χ1n) is 12.6. The van der Waals surface area contributed by atoms with Crippen molar-refractivity contribution in [3.8, 4) is 33.6 Å². The van der Waals surface area contributed by atoms with Crippen molar-refractivity contribution in [1.82, 2.24) is 30.6 Å². The highest BCUT2D eigenvalue weighted by Gasteiger charge is 2.20. The fourth-order valence-corrected chi connectivity index (χ4v) is 4.62. The van der Waals surface area contributed by atoms with E-state index < -0.39 is 5.97 Å². The number of imidazole rings is 2. The second kappa shape index (κ2) is 11.4. The van der Waals surface area contributed by atoms with Crippen molar-refractivity contribution in [2.45, 2.75) is 31.8 Å². The van der Waals surface area contributed by atoms with Gasteiger partial charge in [-0.1, -0.05) is 54.6 Å². The lowest BCUT2D eigenvalue weighted by Crippen LogP contribution is -2.15. The van der Waals surface area contributed by atoms with Gasteiger partial charge in [-0.2, -0.15) is 0 Å². The third-order valence-corrected chi connectivity index (χ3v) is 6.63. The minimum Gasteiger partial charge on any atom is -0.464 e. The lowest BCUT2D eigenvalue weighted by molar-refractivity contribution is 0.0595. The summed E-state index contributed by atoms with van der Waals surface area (Å²) in [5, 5.41) is 6.77. The van der Waals surface area contributed by atoms with Gasteiger partial charge < -0.3 is 25.3 Å². The van der Waals surface area contributed by atoms with Crippen molar-refractivity contribution >= 4 is 5.97 Å². The van der Waals surface area contributed by atoms with E-state index in [-0.39, 0.29) is 0 Å². The Kier molecular flexibility index (Phi) is 7.58. The van der Waals surface area contributed by atoms with Gasteiger partial charge in [0, 0.05) is 5.56 Å². The maximum absolute atomic E-state index is 12.4. The van der Waals surface area contributed by atoms with Gasteiger partial charge in [0.1, 0.15) is 17.3 Å². The monoisotopic (exact) mass is 496 g/mol. The fraction of sp³-hybridized carbons (Fsp3) is 0.276. The van der Waals surface area contributed by atoms with Crippen LogP contribution in [0.5, 0.6) is 0 Å². The van der Waals surface area contributed by atoms with Gasteiger partial charge in [-0.05, 0) is 49.0 Å². The predicted molar refractivity (Wildman–Crippen MR) is 145 cm³/mol. The van der Waals surface area contributed by atoms with Gasteiger partial charge in [-0.3, -0.25) is 0 Å². The zero-order valence-electron chi connectivity index (χ0n) is 21.0. The molecule has 1 aliphatic heterocycles. The normalized spacial score (nSPS) is 15.1. The van der Waals surface area contributed by atoms with Gasteiger partial charge in [-0.25, -0.2) is 14.8 Å². The molecule has 8 heteroatoms. The third-order valence-electron chi connectivity index (χ3n) is 6.63. The summed E-state index contributed by atoms with van der Waals surface area (Å²) >= 11 is 0. The number of H-pyrrole nitrogens is 2. The van der Waals surface area contributed by atoms with Crippen LogP contribution in [0.1, 0.15) is 47.4 Å². The summed E-state index contributed by atoms with van der Waals surface area (Å²) in [5.41, 5.74) is 6.10. The predicted octanol–water partition coefficient (Wildman–Crippen LogP) is 5.01. The quantitative estimate of drug-likeness (QED) is 0.140. The highest BCUT2D eigenvalue weighted by atomic mass is 16.5. The molecule has 0 spiro atoms. The van der Waals surface area contributed by atoms with Crippen LogP contribution in [0.4, 0.5) is 0 Å². The molecule has 0 saturated carbocycles. The molecule has 1 saturated heterocycles. The van der Waals surface area contributed by atoms with Crippen LogP contribution in [0.2, 0.25) is 0 Å². The van der Waals surface area contributed by atoms with Gasteiger partial charge in [0.15, 0.2) is 5.69 Å². The number of ether oxygens (including phenoxy) is 1. The van der Waals surface area contributed by atoms with E-state index in [4.69, 9.17) is 4.74 Å². The third kappa shape index (κ3) is 5.55. The van der Waals surface area contributed by atoms with E-state index in [9.17, 15) is 4.79 Å². The molecule has 1 aliphatic rings. The van der Waals surface area contributed by atoms with Crippen molar-refractivity contribution in [2.75, 3.05) is 20.2 Å². The van der Waals surface area contributed by atoms with Gasteiger partial charge in [-0.15, -0.1) is 6.58 Å². The first-order chi connectivity index (χ1) is 18.2. The van der Waals surface area contributed by atoms with Crippen LogP contribution >= 0.6 is 0 Å². The number of hydrogen-bond acceptors (Lipinski definition) is 6. The Morgan fingerprint density at radius 1 is 1.08 bits per heavy atom. The summed E-state index contributed by atoms with van der Waals surface area (Å²) in [4.78, 5) is 28.2. The molecule has 0 unspecified atom stereocenters. The number of nitrogens with zero attached hydrogens (tertiary/aromatic N) is 2. The molecule has 0 bridgehead atoms. The summed E-state index contributed by atoms with van der Waals surface area (Å²) in [6.45, 7) is 6.09. The number of methoxy groups -OCH3 is 1. The van der Waals surface area contributed by atoms with Crippen molar-refractivity contribution < 1.29 is 9.53 Å². The zero-order valence-corrected chi connectivity index (χ0v) is 21.0. The van der Waals surface area contributed by atoms with E-state index in [1.807, 2.05) is 36.5 Å². The number of carbonyl (C=O) groups is 1. The lowest BCUT2D eigenvalue weighted by Gasteiger charge is -2.07. The number of carbonyl (C=O) groups excluding carboxylic acids is 1. The van der Waals surface area contributed by atoms with Crippen LogP contribution in [0.3, 0.4) is 0 Å². The van der Waals surface area contributed by atoms with E-state index in [2.05, 4.69) is 61.4 Å². The summed E-state index contributed by atoms with van der Waals surface area (Å²) in [5.74, 6) is 1.25. The number of hydrogen-bond donors (Lipinski definition) is 4. The fourth-order valence-electron chi connectivity index (χ4n) is 4.62. The van der Waals surface area contributed by atoms with Crippen molar-refractivity contribution in [2.24, 2.45) is 0 Å². The molecule has 190 valence electrons. The molecule has 8 nitrogen and oxygen atoms in total. The molecule has 2 aromatic heterocycles. The molecular formula is C29H32N6O2. The van der Waals surface area contributed by atoms with Crippen LogP contribution in [-0.4, -0.2) is 46.1 Å². The molecule has 4 N–H and O–H groups in total. The molecule has 2 aromatic carbocycles. The van der Waals surface area contributed by atoms with E-state index in [0.29, 0.717) is 29.8 Å². The first kappa shape index (κ1) is 24.7. The number of aromatic amines is 2. The number of nitrogens with one attached hydrogen (secondary N) is 4. The summed E-state index contributed by atoms with van der Waals surface area (Å²) < 4.78 is 4.97. The number of aromatic nitrogens is 4. The minimum absolute atomic E-state index is 0.324. The Balaban J connectivity index is 1.32. The Morgan fingerprint density at radius 3 is 2.43 bits per heavy atom. The smallest absolute Gasteiger partial charge is 0.356 e. The molecule has 0 amide bonds. The Morgan fingerprint density at radius 2 is 1.78 bits per heavy atom. The molecule has 3 heterocycles. The van der Waals surface area contributed by atoms with Crippen LogP contribution in [0, 0.1) is 0 Å². The van der Waals surface area contributed by atoms with Crippen LogP contribution in [0.15, 0.2) is 67.4 Å². The topological polar surface area (TPSA) is 108 Å². The molecule has 4 aromatic rings. The second-order valence-electron chi connectivity index (χ2n) is 9.14. The summed E-state index contributed by atoms with van der Waals surface area (Å²) in [6.07, 6.45) is 6.94. The molecule has 5 rings (SSSR count). The molecule has 1 atom stereocenters. The van der Waals surface area contributed by atoms with E-state index in [0.717, 1.165) is 59.7 Å². The van der Waals surface area contributed by atoms with Gasteiger partial charge in [0.2, 0.25) is 0 Å². The van der Waals surface area contributed by atoms with Crippen LogP contribution in [0.25, 0.3) is 33.6 Å². The molecule has 1 fully saturated rings. The van der Waals surface area contributed by atoms with Crippen molar-refractivity contribution in [3.63, 3.8) is 0 Å². The van der Waals surface area contributed by atoms with Crippen LogP contribution < -0.4 is 10.6 Å². The minimum atomic E-state index is -0.440. The van der Waals surface area contributed by atoms with Gasteiger partial charge >= 0.3 is 5.97 Å². The molecule has 37 heavy (non-hydrogen) atoms. The molecule has 0 aliphatic carbocycles. The SMILES string of the molecule is C=CCCNCc1nc(-c2ccc(-c3ccc(-c4cnc([C@@H]5CCCN5)[nH]4)cc3)cc2)c(C(=O)OC)[nH]1. The highest BCUT2D eigenvalue weighted by molar-refractivity contribution is 5.94. The number of rotatable bonds is 10. The molecular weight excluding hydrogens is 464 g/mol. The molecule has 0 radical (unpaired) electrons. The summed E-state index contributed by atoms with van der Waals surface area (Å²) in [6, 6.07) is 16.8. The average Bonchev–Trinajstić information content (AvgIpc) is 3.72. The first-order valence-corrected chi connectivity index (χ1v) is 12.6. The summed E-state index contributed by atoms with van der Waals surface area (Å²) in [7, 11) is 1.37. The second-order valence-corrected chi connectivity index (χ2v) is 9.14. The van der Waals surface area contributed by atoms with E-state index >= 15 is 0 Å². The van der Waals surface area contributed by atoms with Gasteiger partial charge in [0.25, 0.3) is 0 Å². The van der Waals surface area contributed by atoms with Crippen LogP contribution in [-0.2, 0) is 11.3 Å². The Bertz CT molecular complexity index is 1350. The van der Waals surface area contributed by atoms with E-state index in [1.54, 1.807) is 0 Å². The maximum atomic E-state index is 12.4.